The number of nitrogens with one attached hydrogen (secondary N) is 1. The lowest BCUT2D eigenvalue weighted by Gasteiger charge is -2.29. The third-order valence-corrected chi connectivity index (χ3v) is 3.39. The second kappa shape index (κ2) is 7.20. The molecule has 0 unspecified atom stereocenters. The normalized spacial score (nSPS) is 17.4. The number of piperidine rings is 1. The van der Waals surface area contributed by atoms with Crippen molar-refractivity contribution < 1.29 is 14.7 Å². The van der Waals surface area contributed by atoms with Crippen molar-refractivity contribution in [2.45, 2.75) is 19.3 Å². The molecule has 0 radical (unpaired) electrons. The largest absolute Gasteiger partial charge is 0.481 e. The highest BCUT2D eigenvalue weighted by atomic mass is 16.4. The van der Waals surface area contributed by atoms with E-state index in [1.165, 1.54) is 4.90 Å². The molecule has 0 atom stereocenters. The van der Waals surface area contributed by atoms with E-state index in [4.69, 9.17) is 5.11 Å². The van der Waals surface area contributed by atoms with E-state index in [9.17, 15) is 9.59 Å². The molecule has 0 saturated carbocycles. The first kappa shape index (κ1) is 14.8. The van der Waals surface area contributed by atoms with Gasteiger partial charge in [-0.05, 0) is 38.9 Å². The summed E-state index contributed by atoms with van der Waals surface area (Å²) < 4.78 is 0. The fraction of sp³-hybridized carbons (Fsp3) is 0.833. The van der Waals surface area contributed by atoms with Gasteiger partial charge in [0.05, 0.1) is 6.42 Å². The quantitative estimate of drug-likeness (QED) is 0.750. The van der Waals surface area contributed by atoms with Crippen LogP contribution in [0, 0.1) is 5.92 Å². The second-order valence-electron chi connectivity index (χ2n) is 5.00. The van der Waals surface area contributed by atoms with Gasteiger partial charge < -0.3 is 20.2 Å². The zero-order chi connectivity index (χ0) is 13.5. The average molecular weight is 257 g/mol. The molecule has 0 aromatic carbocycles. The van der Waals surface area contributed by atoms with Crippen molar-refractivity contribution in [3.8, 4) is 0 Å². The predicted molar refractivity (Wildman–Crippen MR) is 68.5 cm³/mol. The highest BCUT2D eigenvalue weighted by Crippen LogP contribution is 2.14. The lowest BCUT2D eigenvalue weighted by molar-refractivity contribution is -0.137. The number of carboxylic acid groups (broad SMARTS) is 1. The van der Waals surface area contributed by atoms with Crippen LogP contribution in [0.2, 0.25) is 0 Å². The van der Waals surface area contributed by atoms with Gasteiger partial charge in [0.15, 0.2) is 0 Å². The Kier molecular flexibility index (Phi) is 5.91. The molecule has 2 amide bonds. The Balaban J connectivity index is 2.17. The van der Waals surface area contributed by atoms with Gasteiger partial charge in [0.2, 0.25) is 0 Å². The molecule has 6 heteroatoms. The molecule has 0 aliphatic carbocycles. The van der Waals surface area contributed by atoms with Crippen LogP contribution in [0.4, 0.5) is 4.79 Å². The average Bonchev–Trinajstić information content (AvgIpc) is 2.34. The highest BCUT2D eigenvalue weighted by molar-refractivity contribution is 5.74. The molecule has 0 aromatic rings. The minimum atomic E-state index is -0.884. The zero-order valence-electron chi connectivity index (χ0n) is 11.2. The van der Waals surface area contributed by atoms with Crippen molar-refractivity contribution >= 4 is 12.0 Å². The molecule has 104 valence electrons. The fourth-order valence-corrected chi connectivity index (χ4v) is 2.00. The number of amides is 2. The van der Waals surface area contributed by atoms with Crippen LogP contribution in [0.5, 0.6) is 0 Å². The van der Waals surface area contributed by atoms with Crippen LogP contribution >= 0.6 is 0 Å². The number of carbonyl (C=O) groups is 2. The van der Waals surface area contributed by atoms with Crippen molar-refractivity contribution in [1.29, 1.82) is 0 Å². The number of hydrogen-bond acceptors (Lipinski definition) is 3. The number of carbonyl (C=O) groups excluding carboxylic acids is 1. The minimum absolute atomic E-state index is 0.0157. The number of hydrogen-bond donors (Lipinski definition) is 2. The maximum atomic E-state index is 11.7. The maximum Gasteiger partial charge on any atom is 0.317 e. The Morgan fingerprint density at radius 2 is 2.00 bits per heavy atom. The van der Waals surface area contributed by atoms with Crippen molar-refractivity contribution in [2.24, 2.45) is 5.92 Å². The van der Waals surface area contributed by atoms with Gasteiger partial charge in [0, 0.05) is 20.1 Å². The van der Waals surface area contributed by atoms with Crippen molar-refractivity contribution in [1.82, 2.24) is 15.1 Å². The van der Waals surface area contributed by atoms with E-state index < -0.39 is 5.97 Å². The van der Waals surface area contributed by atoms with Crippen LogP contribution in [-0.4, -0.2) is 67.2 Å². The summed E-state index contributed by atoms with van der Waals surface area (Å²) in [5, 5.41) is 11.4. The van der Waals surface area contributed by atoms with Crippen LogP contribution in [0.3, 0.4) is 0 Å². The second-order valence-corrected chi connectivity index (χ2v) is 5.00. The van der Waals surface area contributed by atoms with Gasteiger partial charge >= 0.3 is 12.0 Å². The van der Waals surface area contributed by atoms with Crippen LogP contribution < -0.4 is 5.32 Å². The van der Waals surface area contributed by atoms with Gasteiger partial charge in [-0.2, -0.15) is 0 Å². The molecule has 1 aliphatic rings. The summed E-state index contributed by atoms with van der Waals surface area (Å²) in [7, 11) is 3.72. The maximum absolute atomic E-state index is 11.7. The fourth-order valence-electron chi connectivity index (χ4n) is 2.00. The molecule has 18 heavy (non-hydrogen) atoms. The zero-order valence-corrected chi connectivity index (χ0v) is 11.2. The third kappa shape index (κ3) is 5.35. The predicted octanol–water partition coefficient (Wildman–Crippen LogP) is 0.444. The number of carboxylic acids is 1. The highest BCUT2D eigenvalue weighted by Gasteiger charge is 2.18. The number of nitrogens with zero attached hydrogens (tertiary/aromatic N) is 2. The van der Waals surface area contributed by atoms with Crippen LogP contribution in [0.25, 0.3) is 0 Å². The van der Waals surface area contributed by atoms with Crippen molar-refractivity contribution in [3.63, 3.8) is 0 Å². The first-order chi connectivity index (χ1) is 8.49. The smallest absolute Gasteiger partial charge is 0.317 e. The Bertz CT molecular complexity index is 288. The summed E-state index contributed by atoms with van der Waals surface area (Å²) in [6.07, 6.45) is 2.20. The van der Waals surface area contributed by atoms with Gasteiger partial charge in [0.25, 0.3) is 0 Å². The Morgan fingerprint density at radius 3 is 2.56 bits per heavy atom. The van der Waals surface area contributed by atoms with Gasteiger partial charge in [-0.15, -0.1) is 0 Å². The van der Waals surface area contributed by atoms with Gasteiger partial charge in [-0.25, -0.2) is 4.79 Å². The molecule has 1 heterocycles. The molecule has 0 aromatic heterocycles. The van der Waals surface area contributed by atoms with Crippen molar-refractivity contribution in [3.05, 3.63) is 0 Å². The molecule has 1 fully saturated rings. The van der Waals surface area contributed by atoms with E-state index in [2.05, 4.69) is 17.3 Å². The summed E-state index contributed by atoms with van der Waals surface area (Å²) in [6, 6.07) is -0.185. The standard InChI is InChI=1S/C12H23N3O3/c1-14-6-3-10(4-7-14)9-13-12(18)15(2)8-5-11(16)17/h10H,3-9H2,1-2H3,(H,13,18)(H,16,17). The minimum Gasteiger partial charge on any atom is -0.481 e. The van der Waals surface area contributed by atoms with E-state index in [1.54, 1.807) is 7.05 Å². The van der Waals surface area contributed by atoms with E-state index >= 15 is 0 Å². The topological polar surface area (TPSA) is 72.9 Å². The number of aliphatic carboxylic acids is 1. The summed E-state index contributed by atoms with van der Waals surface area (Å²) >= 11 is 0. The molecule has 6 nitrogen and oxygen atoms in total. The van der Waals surface area contributed by atoms with Crippen molar-refractivity contribution in [2.75, 3.05) is 40.3 Å². The Labute approximate surface area is 108 Å². The van der Waals surface area contributed by atoms with E-state index in [-0.39, 0.29) is 19.0 Å². The van der Waals surface area contributed by atoms with Crippen LogP contribution in [-0.2, 0) is 4.79 Å². The van der Waals surface area contributed by atoms with Gasteiger partial charge in [0.1, 0.15) is 0 Å². The first-order valence-electron chi connectivity index (χ1n) is 6.38. The summed E-state index contributed by atoms with van der Waals surface area (Å²) in [4.78, 5) is 25.8. The lowest BCUT2D eigenvalue weighted by Crippen LogP contribution is -2.42. The van der Waals surface area contributed by atoms with E-state index in [1.807, 2.05) is 0 Å². The Hall–Kier alpha value is -1.30. The Morgan fingerprint density at radius 1 is 1.39 bits per heavy atom. The third-order valence-electron chi connectivity index (χ3n) is 3.39. The van der Waals surface area contributed by atoms with Gasteiger partial charge in [-0.1, -0.05) is 0 Å². The summed E-state index contributed by atoms with van der Waals surface area (Å²) in [5.41, 5.74) is 0. The molecule has 1 saturated heterocycles. The van der Waals surface area contributed by atoms with Gasteiger partial charge in [-0.3, -0.25) is 4.79 Å². The van der Waals surface area contributed by atoms with Crippen LogP contribution in [0.1, 0.15) is 19.3 Å². The lowest BCUT2D eigenvalue weighted by atomic mass is 9.97. The molecule has 1 rings (SSSR count). The molecular formula is C12H23N3O3. The molecule has 0 bridgehead atoms. The molecule has 0 spiro atoms. The number of urea groups is 1. The monoisotopic (exact) mass is 257 g/mol. The molecule has 2 N–H and O–H groups in total. The SMILES string of the molecule is CN1CCC(CNC(=O)N(C)CCC(=O)O)CC1. The van der Waals surface area contributed by atoms with E-state index in [0.29, 0.717) is 12.5 Å². The number of rotatable bonds is 5. The molecule has 1 aliphatic heterocycles. The summed E-state index contributed by atoms with van der Waals surface area (Å²) in [6.45, 7) is 3.09. The van der Waals surface area contributed by atoms with Crippen LogP contribution in [0.15, 0.2) is 0 Å². The molecular weight excluding hydrogens is 234 g/mol. The number of likely N-dealkylation sites (tertiary alicyclic amines) is 1. The van der Waals surface area contributed by atoms with E-state index in [0.717, 1.165) is 25.9 Å². The summed E-state index contributed by atoms with van der Waals surface area (Å²) in [5.74, 6) is -0.344. The first-order valence-corrected chi connectivity index (χ1v) is 6.38.